The first-order chi connectivity index (χ1) is 9.56. The summed E-state index contributed by atoms with van der Waals surface area (Å²) in [4.78, 5) is 8.74. The lowest BCUT2D eigenvalue weighted by Crippen LogP contribution is -2.30. The molecule has 0 bridgehead atoms. The first-order valence-corrected chi connectivity index (χ1v) is 8.59. The fourth-order valence-electron chi connectivity index (χ4n) is 2.33. The molecular weight excluding hydrogens is 296 g/mol. The van der Waals surface area contributed by atoms with Gasteiger partial charge < -0.3 is 5.73 Å². The normalized spacial score (nSPS) is 18.7. The van der Waals surface area contributed by atoms with Crippen LogP contribution in [0.4, 0.5) is 5.95 Å². The van der Waals surface area contributed by atoms with Crippen LogP contribution in [0, 0.1) is 0 Å². The van der Waals surface area contributed by atoms with Crippen LogP contribution in [0.3, 0.4) is 0 Å². The minimum atomic E-state index is -3.62. The number of fused-ring (bicyclic) bond motifs is 1. The minimum absolute atomic E-state index is 0.0362. The molecule has 0 radical (unpaired) electrons. The first kappa shape index (κ1) is 13.5. The van der Waals surface area contributed by atoms with Gasteiger partial charge in [0.1, 0.15) is 4.90 Å². The number of aryl methyl sites for hydroxylation is 1. The van der Waals surface area contributed by atoms with Crippen LogP contribution in [0.25, 0.3) is 0 Å². The van der Waals surface area contributed by atoms with E-state index in [1.54, 1.807) is 11.3 Å². The van der Waals surface area contributed by atoms with Crippen LogP contribution >= 0.6 is 11.3 Å². The molecule has 0 aromatic carbocycles. The third kappa shape index (κ3) is 2.54. The summed E-state index contributed by atoms with van der Waals surface area (Å²) in [6.45, 7) is 0. The topological polar surface area (TPSA) is 98.0 Å². The van der Waals surface area contributed by atoms with E-state index in [4.69, 9.17) is 5.73 Å². The summed E-state index contributed by atoms with van der Waals surface area (Å²) < 4.78 is 27.4. The second kappa shape index (κ2) is 5.12. The van der Waals surface area contributed by atoms with Crippen LogP contribution in [0.2, 0.25) is 0 Å². The Morgan fingerprint density at radius 3 is 2.85 bits per heavy atom. The molecule has 1 atom stereocenters. The molecule has 3 rings (SSSR count). The Morgan fingerprint density at radius 1 is 1.35 bits per heavy atom. The fraction of sp³-hybridized carbons (Fsp3) is 0.333. The molecule has 0 saturated heterocycles. The highest BCUT2D eigenvalue weighted by Crippen LogP contribution is 2.34. The van der Waals surface area contributed by atoms with Crippen LogP contribution in [0.15, 0.2) is 28.7 Å². The predicted octanol–water partition coefficient (Wildman–Crippen LogP) is 1.48. The van der Waals surface area contributed by atoms with Gasteiger partial charge in [0.15, 0.2) is 0 Å². The second-order valence-corrected chi connectivity index (χ2v) is 7.36. The van der Waals surface area contributed by atoms with E-state index in [0.29, 0.717) is 0 Å². The molecule has 3 N–H and O–H groups in total. The van der Waals surface area contributed by atoms with Gasteiger partial charge in [-0.2, -0.15) is 0 Å². The van der Waals surface area contributed by atoms with Crippen molar-refractivity contribution in [2.45, 2.75) is 30.2 Å². The van der Waals surface area contributed by atoms with E-state index < -0.39 is 10.0 Å². The van der Waals surface area contributed by atoms with Crippen molar-refractivity contribution in [2.75, 3.05) is 5.73 Å². The SMILES string of the molecule is Nc1ncc(S(=O)(=O)NC2CCCc3sccc32)cn1. The van der Waals surface area contributed by atoms with Gasteiger partial charge in [-0.15, -0.1) is 11.3 Å². The number of anilines is 1. The number of thiophene rings is 1. The van der Waals surface area contributed by atoms with Gasteiger partial charge in [-0.1, -0.05) is 0 Å². The van der Waals surface area contributed by atoms with E-state index in [9.17, 15) is 8.42 Å². The van der Waals surface area contributed by atoms with E-state index in [0.717, 1.165) is 24.8 Å². The molecule has 1 aliphatic carbocycles. The monoisotopic (exact) mass is 310 g/mol. The van der Waals surface area contributed by atoms with Crippen LogP contribution in [-0.2, 0) is 16.4 Å². The van der Waals surface area contributed by atoms with Crippen LogP contribution < -0.4 is 10.5 Å². The number of hydrogen-bond acceptors (Lipinski definition) is 6. The van der Waals surface area contributed by atoms with Crippen LogP contribution in [0.1, 0.15) is 29.3 Å². The van der Waals surface area contributed by atoms with Gasteiger partial charge >= 0.3 is 0 Å². The van der Waals surface area contributed by atoms with Crippen molar-refractivity contribution < 1.29 is 8.42 Å². The summed E-state index contributed by atoms with van der Waals surface area (Å²) in [5.74, 6) is 0.0572. The molecule has 2 aromatic heterocycles. The summed E-state index contributed by atoms with van der Waals surface area (Å²) in [7, 11) is -3.62. The zero-order valence-electron chi connectivity index (χ0n) is 10.6. The lowest BCUT2D eigenvalue weighted by Gasteiger charge is -2.23. The molecule has 2 aromatic rings. The van der Waals surface area contributed by atoms with Crippen molar-refractivity contribution in [1.82, 2.24) is 14.7 Å². The van der Waals surface area contributed by atoms with Crippen molar-refractivity contribution in [3.05, 3.63) is 34.3 Å². The maximum atomic E-state index is 12.3. The number of nitrogens with two attached hydrogens (primary N) is 1. The summed E-state index contributed by atoms with van der Waals surface area (Å²) in [6.07, 6.45) is 5.26. The number of nitrogens with one attached hydrogen (secondary N) is 1. The number of aromatic nitrogens is 2. The third-order valence-corrected chi connectivity index (χ3v) is 5.73. The van der Waals surface area contributed by atoms with Gasteiger partial charge in [0.2, 0.25) is 16.0 Å². The fourth-order valence-corrected chi connectivity index (χ4v) is 4.46. The van der Waals surface area contributed by atoms with Crippen molar-refractivity contribution in [3.8, 4) is 0 Å². The smallest absolute Gasteiger partial charge is 0.244 e. The van der Waals surface area contributed by atoms with Gasteiger partial charge in [0.25, 0.3) is 0 Å². The Balaban J connectivity index is 1.86. The molecule has 106 valence electrons. The molecule has 1 aliphatic rings. The number of nitrogens with zero attached hydrogens (tertiary/aromatic N) is 2. The highest BCUT2D eigenvalue weighted by atomic mass is 32.2. The maximum absolute atomic E-state index is 12.3. The van der Waals surface area contributed by atoms with Gasteiger partial charge in [-0.25, -0.2) is 23.1 Å². The van der Waals surface area contributed by atoms with E-state index in [-0.39, 0.29) is 16.9 Å². The molecule has 1 unspecified atom stereocenters. The number of nitrogen functional groups attached to an aromatic ring is 1. The number of rotatable bonds is 3. The standard InChI is InChI=1S/C12H14N4O2S2/c13-12-14-6-8(7-15-12)20(17,18)16-10-2-1-3-11-9(10)4-5-19-11/h4-7,10,16H,1-3H2,(H2,13,14,15). The average Bonchev–Trinajstić information content (AvgIpc) is 2.88. The summed E-state index contributed by atoms with van der Waals surface area (Å²) in [6, 6.07) is 1.82. The first-order valence-electron chi connectivity index (χ1n) is 6.22. The quantitative estimate of drug-likeness (QED) is 0.894. The molecule has 0 amide bonds. The average molecular weight is 310 g/mol. The molecule has 6 nitrogen and oxygen atoms in total. The number of hydrogen-bond donors (Lipinski definition) is 2. The Kier molecular flexibility index (Phi) is 3.45. The van der Waals surface area contributed by atoms with Gasteiger partial charge in [-0.3, -0.25) is 0 Å². The second-order valence-electron chi connectivity index (χ2n) is 4.64. The molecule has 0 fully saturated rings. The molecule has 0 saturated carbocycles. The molecule has 20 heavy (non-hydrogen) atoms. The Labute approximate surface area is 121 Å². The molecular formula is C12H14N4O2S2. The molecule has 0 spiro atoms. The summed E-state index contributed by atoms with van der Waals surface area (Å²) >= 11 is 1.68. The molecule has 8 heteroatoms. The molecule has 0 aliphatic heterocycles. The minimum Gasteiger partial charge on any atom is -0.368 e. The molecule has 2 heterocycles. The van der Waals surface area contributed by atoms with Crippen molar-refractivity contribution >= 4 is 27.3 Å². The zero-order chi connectivity index (χ0) is 14.2. The third-order valence-electron chi connectivity index (χ3n) is 3.31. The van der Waals surface area contributed by atoms with Gasteiger partial charge in [0.05, 0.1) is 12.4 Å². The van der Waals surface area contributed by atoms with E-state index in [2.05, 4.69) is 14.7 Å². The maximum Gasteiger partial charge on any atom is 0.244 e. The van der Waals surface area contributed by atoms with Gasteiger partial charge in [-0.05, 0) is 36.3 Å². The van der Waals surface area contributed by atoms with Crippen molar-refractivity contribution in [3.63, 3.8) is 0 Å². The zero-order valence-corrected chi connectivity index (χ0v) is 12.2. The van der Waals surface area contributed by atoms with Crippen molar-refractivity contribution in [1.29, 1.82) is 0 Å². The van der Waals surface area contributed by atoms with Crippen LogP contribution in [-0.4, -0.2) is 18.4 Å². The van der Waals surface area contributed by atoms with E-state index >= 15 is 0 Å². The van der Waals surface area contributed by atoms with Gasteiger partial charge in [0, 0.05) is 10.9 Å². The Bertz CT molecular complexity index is 709. The number of sulfonamides is 1. The van der Waals surface area contributed by atoms with E-state index in [1.165, 1.54) is 17.3 Å². The highest BCUT2D eigenvalue weighted by molar-refractivity contribution is 7.89. The van der Waals surface area contributed by atoms with Crippen LogP contribution in [0.5, 0.6) is 0 Å². The van der Waals surface area contributed by atoms with Crippen molar-refractivity contribution in [2.24, 2.45) is 0 Å². The largest absolute Gasteiger partial charge is 0.368 e. The summed E-state index contributed by atoms with van der Waals surface area (Å²) in [5.41, 5.74) is 6.45. The highest BCUT2D eigenvalue weighted by Gasteiger charge is 2.26. The lowest BCUT2D eigenvalue weighted by molar-refractivity contribution is 0.511. The Hall–Kier alpha value is -1.51. The predicted molar refractivity (Wildman–Crippen MR) is 76.8 cm³/mol. The lowest BCUT2D eigenvalue weighted by atomic mass is 9.95. The summed E-state index contributed by atoms with van der Waals surface area (Å²) in [5, 5.41) is 2.00. The van der Waals surface area contributed by atoms with E-state index in [1.807, 2.05) is 11.4 Å². The Morgan fingerprint density at radius 2 is 2.10 bits per heavy atom.